The van der Waals surface area contributed by atoms with Gasteiger partial charge in [0.1, 0.15) is 34.6 Å². The highest BCUT2D eigenvalue weighted by Gasteiger charge is 2.23. The molecule has 2 saturated heterocycles. The van der Waals surface area contributed by atoms with Crippen molar-refractivity contribution in [3.63, 3.8) is 0 Å². The molecule has 0 radical (unpaired) electrons. The van der Waals surface area contributed by atoms with Crippen molar-refractivity contribution in [3.05, 3.63) is 156 Å². The van der Waals surface area contributed by atoms with Gasteiger partial charge < -0.3 is 19.3 Å². The van der Waals surface area contributed by atoms with Crippen LogP contribution in [-0.2, 0) is 27.2 Å². The number of likely N-dealkylation sites (tertiary alicyclic amines) is 2. The van der Waals surface area contributed by atoms with Crippen LogP contribution in [0, 0.1) is 23.5 Å². The van der Waals surface area contributed by atoms with Gasteiger partial charge >= 0.3 is 11.9 Å². The number of ether oxygens (including phenoxy) is 3. The van der Waals surface area contributed by atoms with E-state index in [1.807, 2.05) is 77.7 Å². The predicted octanol–water partition coefficient (Wildman–Crippen LogP) is 10.1. The first-order valence-corrected chi connectivity index (χ1v) is 21.4. The number of carboxylic acids is 1. The second-order valence-corrected chi connectivity index (χ2v) is 16.0. The molecule has 10 nitrogen and oxygen atoms in total. The summed E-state index contributed by atoms with van der Waals surface area (Å²) < 4.78 is 42.3. The van der Waals surface area contributed by atoms with Gasteiger partial charge in [-0.3, -0.25) is 29.4 Å². The normalized spacial score (nSPS) is 14.9. The van der Waals surface area contributed by atoms with Crippen LogP contribution in [0.5, 0.6) is 23.0 Å². The second-order valence-electron chi connectivity index (χ2n) is 16.0. The lowest BCUT2D eigenvalue weighted by molar-refractivity contribution is -0.142. The SMILES string of the molecule is COC(=O)CN1CCC(Cc2cccc(-c3ccc(Oc4ccc(F)cc4)cc3)n2)CC1.O=C(O)CN1CCC(Cc2cccc(-c3ccc(Oc4ccc(F)cc4)cc3)n2)CC1. The molecule has 326 valence electrons. The molecular formula is C51H52F2N4O6. The fourth-order valence-corrected chi connectivity index (χ4v) is 7.90. The molecule has 0 atom stereocenters. The van der Waals surface area contributed by atoms with E-state index in [1.165, 1.54) is 31.4 Å². The Morgan fingerprint density at radius 2 is 0.921 bits per heavy atom. The van der Waals surface area contributed by atoms with E-state index in [1.54, 1.807) is 24.3 Å². The number of carbonyl (C=O) groups excluding carboxylic acids is 1. The highest BCUT2D eigenvalue weighted by Crippen LogP contribution is 2.29. The van der Waals surface area contributed by atoms with Gasteiger partial charge in [0.2, 0.25) is 0 Å². The van der Waals surface area contributed by atoms with Gasteiger partial charge in [-0.1, -0.05) is 12.1 Å². The topological polar surface area (TPSA) is 114 Å². The monoisotopic (exact) mass is 854 g/mol. The molecule has 0 spiro atoms. The number of benzene rings is 4. The quantitative estimate of drug-likeness (QED) is 0.106. The van der Waals surface area contributed by atoms with Crippen LogP contribution in [0.4, 0.5) is 8.78 Å². The third-order valence-electron chi connectivity index (χ3n) is 11.4. The van der Waals surface area contributed by atoms with Crippen LogP contribution < -0.4 is 9.47 Å². The van der Waals surface area contributed by atoms with E-state index in [2.05, 4.69) is 17.0 Å². The minimum absolute atomic E-state index is 0.126. The Kier molecular flexibility index (Phi) is 15.6. The van der Waals surface area contributed by atoms with Crippen LogP contribution in [-0.4, -0.2) is 83.2 Å². The average molecular weight is 855 g/mol. The van der Waals surface area contributed by atoms with Gasteiger partial charge in [0.15, 0.2) is 0 Å². The molecule has 4 aromatic carbocycles. The molecule has 0 bridgehead atoms. The standard InChI is InChI=1S/C26H27FN2O3.C25H25FN2O3/c1-31-26(30)18-29-15-13-19(14-16-29)17-22-3-2-4-25(28-22)20-5-9-23(10-6-20)32-24-11-7-21(27)8-12-24;26-20-6-10-23(11-7-20)31-22-8-4-19(5-9-22)24-3-1-2-21(27-24)16-18-12-14-28(15-13-18)17-25(29)30/h2-12,19H,13-18H2,1H3;1-11,18H,12-17H2,(H,29,30). The molecule has 0 unspecified atom stereocenters. The summed E-state index contributed by atoms with van der Waals surface area (Å²) in [5.74, 6) is 2.13. The van der Waals surface area contributed by atoms with Gasteiger partial charge in [0.05, 0.1) is 31.6 Å². The highest BCUT2D eigenvalue weighted by atomic mass is 19.1. The molecular weight excluding hydrogens is 803 g/mol. The first-order chi connectivity index (χ1) is 30.6. The smallest absolute Gasteiger partial charge is 0.319 e. The van der Waals surface area contributed by atoms with Gasteiger partial charge in [-0.25, -0.2) is 8.78 Å². The van der Waals surface area contributed by atoms with Crippen molar-refractivity contribution in [2.45, 2.75) is 38.5 Å². The lowest BCUT2D eigenvalue weighted by Gasteiger charge is -2.30. The minimum atomic E-state index is -0.762. The maximum atomic E-state index is 13.0. The van der Waals surface area contributed by atoms with Gasteiger partial charge in [-0.05, 0) is 198 Å². The molecule has 8 rings (SSSR count). The lowest BCUT2D eigenvalue weighted by Crippen LogP contribution is -2.38. The van der Waals surface area contributed by atoms with Crippen molar-refractivity contribution in [2.75, 3.05) is 46.4 Å². The molecule has 2 aliphatic heterocycles. The van der Waals surface area contributed by atoms with Crippen LogP contribution in [0.15, 0.2) is 133 Å². The number of carboxylic acid groups (broad SMARTS) is 1. The number of halogens is 2. The summed E-state index contributed by atoms with van der Waals surface area (Å²) in [7, 11) is 1.43. The molecule has 12 heteroatoms. The second kappa shape index (κ2) is 22.0. The summed E-state index contributed by atoms with van der Waals surface area (Å²) in [6.45, 7) is 3.97. The number of rotatable bonds is 14. The van der Waals surface area contributed by atoms with E-state index in [4.69, 9.17) is 29.3 Å². The fourth-order valence-electron chi connectivity index (χ4n) is 7.90. The molecule has 2 fully saturated rings. The number of aliphatic carboxylic acids is 1. The first kappa shape index (κ1) is 44.6. The maximum absolute atomic E-state index is 13.0. The average Bonchev–Trinajstić information content (AvgIpc) is 3.30. The van der Waals surface area contributed by atoms with E-state index in [0.717, 1.165) is 98.6 Å². The maximum Gasteiger partial charge on any atom is 0.319 e. The number of carbonyl (C=O) groups is 2. The number of methoxy groups -OCH3 is 1. The molecule has 0 saturated carbocycles. The predicted molar refractivity (Wildman–Crippen MR) is 238 cm³/mol. The van der Waals surface area contributed by atoms with E-state index in [-0.39, 0.29) is 24.1 Å². The number of piperidine rings is 2. The zero-order chi connectivity index (χ0) is 44.0. The Hall–Kier alpha value is -6.50. The molecule has 0 amide bonds. The van der Waals surface area contributed by atoms with Crippen molar-refractivity contribution in [3.8, 4) is 45.5 Å². The van der Waals surface area contributed by atoms with Crippen LogP contribution in [0.3, 0.4) is 0 Å². The summed E-state index contributed by atoms with van der Waals surface area (Å²) in [5.41, 5.74) is 6.00. The van der Waals surface area contributed by atoms with Gasteiger partial charge in [-0.2, -0.15) is 0 Å². The zero-order valence-corrected chi connectivity index (χ0v) is 35.4. The molecule has 2 aliphatic rings. The Bertz CT molecular complexity index is 2380. The number of pyridine rings is 2. The van der Waals surface area contributed by atoms with Crippen molar-refractivity contribution in [1.82, 2.24) is 19.8 Å². The first-order valence-electron chi connectivity index (χ1n) is 21.4. The van der Waals surface area contributed by atoms with Gasteiger partial charge in [0.25, 0.3) is 0 Å². The van der Waals surface area contributed by atoms with Crippen molar-refractivity contribution in [2.24, 2.45) is 11.8 Å². The number of aromatic nitrogens is 2. The number of nitrogens with zero attached hydrogens (tertiary/aromatic N) is 4. The number of esters is 1. The zero-order valence-electron chi connectivity index (χ0n) is 35.4. The largest absolute Gasteiger partial charge is 0.480 e. The van der Waals surface area contributed by atoms with Crippen molar-refractivity contribution < 1.29 is 37.7 Å². The third kappa shape index (κ3) is 13.7. The summed E-state index contributed by atoms with van der Waals surface area (Å²) in [6, 6.07) is 39.6. The Labute approximate surface area is 367 Å². The summed E-state index contributed by atoms with van der Waals surface area (Å²) >= 11 is 0. The van der Waals surface area contributed by atoms with E-state index in [0.29, 0.717) is 41.4 Å². The Morgan fingerprint density at radius 3 is 1.29 bits per heavy atom. The Balaban J connectivity index is 0.000000189. The molecule has 4 heterocycles. The van der Waals surface area contributed by atoms with E-state index < -0.39 is 5.97 Å². The van der Waals surface area contributed by atoms with Crippen LogP contribution in [0.25, 0.3) is 22.5 Å². The lowest BCUT2D eigenvalue weighted by atomic mass is 9.92. The molecule has 1 N–H and O–H groups in total. The van der Waals surface area contributed by atoms with E-state index >= 15 is 0 Å². The third-order valence-corrected chi connectivity index (χ3v) is 11.4. The summed E-state index contributed by atoms with van der Waals surface area (Å²) in [4.78, 5) is 36.2. The van der Waals surface area contributed by atoms with Gasteiger partial charge in [-0.15, -0.1) is 0 Å². The Morgan fingerprint density at radius 1 is 0.556 bits per heavy atom. The molecule has 6 aromatic rings. The van der Waals surface area contributed by atoms with Crippen molar-refractivity contribution >= 4 is 11.9 Å². The summed E-state index contributed by atoms with van der Waals surface area (Å²) in [5, 5.41) is 8.93. The van der Waals surface area contributed by atoms with E-state index in [9.17, 15) is 18.4 Å². The van der Waals surface area contributed by atoms with Crippen LogP contribution in [0.1, 0.15) is 37.1 Å². The van der Waals surface area contributed by atoms with Crippen molar-refractivity contribution in [1.29, 1.82) is 0 Å². The highest BCUT2D eigenvalue weighted by molar-refractivity contribution is 5.71. The fraction of sp³-hybridized carbons (Fsp3) is 0.294. The van der Waals surface area contributed by atoms with Gasteiger partial charge in [0, 0.05) is 22.5 Å². The van der Waals surface area contributed by atoms with Crippen LogP contribution >= 0.6 is 0 Å². The number of hydrogen-bond donors (Lipinski definition) is 1. The minimum Gasteiger partial charge on any atom is -0.480 e. The molecule has 0 aliphatic carbocycles. The van der Waals surface area contributed by atoms with Crippen LogP contribution in [0.2, 0.25) is 0 Å². The number of hydrogen-bond acceptors (Lipinski definition) is 9. The molecule has 63 heavy (non-hydrogen) atoms. The molecule has 2 aromatic heterocycles. The summed E-state index contributed by atoms with van der Waals surface area (Å²) in [6.07, 6.45) is 5.94.